The molecule has 2 rings (SSSR count). The fraction of sp³-hybridized carbons (Fsp3) is 0.286. The number of anilines is 1. The normalized spacial score (nSPS) is 11.8. The lowest BCUT2D eigenvalue weighted by Crippen LogP contribution is -2.22. The van der Waals surface area contributed by atoms with Crippen LogP contribution in [-0.2, 0) is 6.54 Å². The van der Waals surface area contributed by atoms with Crippen LogP contribution in [0.4, 0.5) is 5.69 Å². The van der Waals surface area contributed by atoms with Crippen LogP contribution >= 0.6 is 0 Å². The van der Waals surface area contributed by atoms with Gasteiger partial charge in [-0.15, -0.1) is 0 Å². The summed E-state index contributed by atoms with van der Waals surface area (Å²) in [6.07, 6.45) is 3.72. The number of benzene rings is 1. The SMILES string of the molecule is Cc1cc(NC(C)Cn2cccn2)ccc1C#N. The van der Waals surface area contributed by atoms with Crippen LogP contribution in [0.2, 0.25) is 0 Å². The van der Waals surface area contributed by atoms with E-state index in [0.29, 0.717) is 0 Å². The summed E-state index contributed by atoms with van der Waals surface area (Å²) in [5, 5.41) is 16.5. The summed E-state index contributed by atoms with van der Waals surface area (Å²) in [6, 6.07) is 10.1. The van der Waals surface area contributed by atoms with Crippen molar-refractivity contribution in [3.8, 4) is 6.07 Å². The van der Waals surface area contributed by atoms with Crippen LogP contribution in [0, 0.1) is 18.3 Å². The van der Waals surface area contributed by atoms with Gasteiger partial charge in [-0.3, -0.25) is 4.68 Å². The average Bonchev–Trinajstić information content (AvgIpc) is 2.82. The van der Waals surface area contributed by atoms with E-state index in [2.05, 4.69) is 23.4 Å². The Labute approximate surface area is 107 Å². The Balaban J connectivity index is 2.01. The smallest absolute Gasteiger partial charge is 0.0994 e. The molecular formula is C14H16N4. The van der Waals surface area contributed by atoms with Gasteiger partial charge in [0.15, 0.2) is 0 Å². The van der Waals surface area contributed by atoms with Crippen LogP contribution in [0.25, 0.3) is 0 Å². The molecule has 1 aromatic heterocycles. The van der Waals surface area contributed by atoms with Crippen molar-refractivity contribution in [3.05, 3.63) is 47.8 Å². The highest BCUT2D eigenvalue weighted by atomic mass is 15.3. The molecule has 2 aromatic rings. The molecule has 92 valence electrons. The molecule has 1 aromatic carbocycles. The van der Waals surface area contributed by atoms with Crippen molar-refractivity contribution in [2.75, 3.05) is 5.32 Å². The van der Waals surface area contributed by atoms with Crippen molar-refractivity contribution in [1.82, 2.24) is 9.78 Å². The number of nitrogens with one attached hydrogen (secondary N) is 1. The largest absolute Gasteiger partial charge is 0.381 e. The van der Waals surface area contributed by atoms with Crippen molar-refractivity contribution in [2.24, 2.45) is 0 Å². The molecular weight excluding hydrogens is 224 g/mol. The van der Waals surface area contributed by atoms with Crippen molar-refractivity contribution >= 4 is 5.69 Å². The molecule has 0 saturated carbocycles. The van der Waals surface area contributed by atoms with Gasteiger partial charge in [0.25, 0.3) is 0 Å². The third kappa shape index (κ3) is 2.89. The number of rotatable bonds is 4. The lowest BCUT2D eigenvalue weighted by molar-refractivity contribution is 0.561. The summed E-state index contributed by atoms with van der Waals surface area (Å²) < 4.78 is 1.90. The van der Waals surface area contributed by atoms with Gasteiger partial charge >= 0.3 is 0 Å². The Hall–Kier alpha value is -2.28. The molecule has 0 amide bonds. The van der Waals surface area contributed by atoms with Crippen LogP contribution in [0.15, 0.2) is 36.7 Å². The first-order valence-corrected chi connectivity index (χ1v) is 5.94. The fourth-order valence-electron chi connectivity index (χ4n) is 1.90. The molecule has 1 unspecified atom stereocenters. The predicted molar refractivity (Wildman–Crippen MR) is 71.2 cm³/mol. The van der Waals surface area contributed by atoms with Crippen molar-refractivity contribution < 1.29 is 0 Å². The summed E-state index contributed by atoms with van der Waals surface area (Å²) in [4.78, 5) is 0. The minimum atomic E-state index is 0.275. The molecule has 0 fully saturated rings. The molecule has 0 bridgehead atoms. The lowest BCUT2D eigenvalue weighted by Gasteiger charge is -2.16. The molecule has 0 aliphatic heterocycles. The van der Waals surface area contributed by atoms with Crippen LogP contribution < -0.4 is 5.32 Å². The van der Waals surface area contributed by atoms with Gasteiger partial charge in [0.1, 0.15) is 0 Å². The second-order valence-electron chi connectivity index (χ2n) is 4.41. The first-order valence-electron chi connectivity index (χ1n) is 5.94. The van der Waals surface area contributed by atoms with E-state index in [4.69, 9.17) is 5.26 Å². The van der Waals surface area contributed by atoms with Crippen LogP contribution in [0.3, 0.4) is 0 Å². The summed E-state index contributed by atoms with van der Waals surface area (Å²) >= 11 is 0. The molecule has 0 aliphatic rings. The van der Waals surface area contributed by atoms with Crippen molar-refractivity contribution in [2.45, 2.75) is 26.4 Å². The number of nitriles is 1. The van der Waals surface area contributed by atoms with Gasteiger partial charge in [-0.05, 0) is 43.7 Å². The van der Waals surface area contributed by atoms with E-state index in [0.717, 1.165) is 23.4 Å². The van der Waals surface area contributed by atoms with Crippen LogP contribution in [0.1, 0.15) is 18.1 Å². The highest BCUT2D eigenvalue weighted by molar-refractivity contribution is 5.51. The zero-order valence-corrected chi connectivity index (χ0v) is 10.6. The molecule has 0 radical (unpaired) electrons. The van der Waals surface area contributed by atoms with Crippen molar-refractivity contribution in [3.63, 3.8) is 0 Å². The van der Waals surface area contributed by atoms with Gasteiger partial charge in [-0.2, -0.15) is 10.4 Å². The molecule has 18 heavy (non-hydrogen) atoms. The van der Waals surface area contributed by atoms with Gasteiger partial charge in [0.2, 0.25) is 0 Å². The number of nitrogens with zero attached hydrogens (tertiary/aromatic N) is 3. The minimum Gasteiger partial charge on any atom is -0.381 e. The van der Waals surface area contributed by atoms with E-state index in [9.17, 15) is 0 Å². The Morgan fingerprint density at radius 1 is 1.50 bits per heavy atom. The predicted octanol–water partition coefficient (Wildman–Crippen LogP) is 2.56. The van der Waals surface area contributed by atoms with E-state index in [1.807, 2.05) is 42.1 Å². The standard InChI is InChI=1S/C14H16N4/c1-11-8-14(5-4-13(11)9-15)17-12(2)10-18-7-3-6-16-18/h3-8,12,17H,10H2,1-2H3. The third-order valence-electron chi connectivity index (χ3n) is 2.78. The zero-order chi connectivity index (χ0) is 13.0. The van der Waals surface area contributed by atoms with Gasteiger partial charge in [-0.1, -0.05) is 0 Å². The van der Waals surface area contributed by atoms with E-state index in [1.54, 1.807) is 6.20 Å². The van der Waals surface area contributed by atoms with Gasteiger partial charge < -0.3 is 5.32 Å². The molecule has 1 N–H and O–H groups in total. The van der Waals surface area contributed by atoms with Gasteiger partial charge in [0, 0.05) is 24.1 Å². The fourth-order valence-corrected chi connectivity index (χ4v) is 1.90. The van der Waals surface area contributed by atoms with Crippen molar-refractivity contribution in [1.29, 1.82) is 5.26 Å². The molecule has 4 nitrogen and oxygen atoms in total. The number of aryl methyl sites for hydroxylation is 1. The topological polar surface area (TPSA) is 53.6 Å². The Morgan fingerprint density at radius 3 is 2.94 bits per heavy atom. The first kappa shape index (κ1) is 12.2. The Kier molecular flexibility index (Phi) is 3.63. The summed E-state index contributed by atoms with van der Waals surface area (Å²) in [6.45, 7) is 4.86. The van der Waals surface area contributed by atoms with Gasteiger partial charge in [0.05, 0.1) is 18.2 Å². The Bertz CT molecular complexity index is 552. The molecule has 4 heteroatoms. The number of hydrogen-bond acceptors (Lipinski definition) is 3. The van der Waals surface area contributed by atoms with E-state index >= 15 is 0 Å². The Morgan fingerprint density at radius 2 is 2.33 bits per heavy atom. The number of hydrogen-bond donors (Lipinski definition) is 1. The third-order valence-corrected chi connectivity index (χ3v) is 2.78. The summed E-state index contributed by atoms with van der Waals surface area (Å²) in [5.74, 6) is 0. The highest BCUT2D eigenvalue weighted by Crippen LogP contribution is 2.15. The maximum absolute atomic E-state index is 8.88. The second-order valence-corrected chi connectivity index (χ2v) is 4.41. The minimum absolute atomic E-state index is 0.275. The average molecular weight is 240 g/mol. The van der Waals surface area contributed by atoms with Gasteiger partial charge in [-0.25, -0.2) is 0 Å². The monoisotopic (exact) mass is 240 g/mol. The van der Waals surface area contributed by atoms with Crippen LogP contribution in [0.5, 0.6) is 0 Å². The van der Waals surface area contributed by atoms with E-state index < -0.39 is 0 Å². The second kappa shape index (κ2) is 5.37. The maximum Gasteiger partial charge on any atom is 0.0994 e. The molecule has 1 heterocycles. The molecule has 1 atom stereocenters. The lowest BCUT2D eigenvalue weighted by atomic mass is 10.1. The summed E-state index contributed by atoms with van der Waals surface area (Å²) in [7, 11) is 0. The first-order chi connectivity index (χ1) is 8.69. The molecule has 0 saturated heterocycles. The number of aromatic nitrogens is 2. The van der Waals surface area contributed by atoms with E-state index in [1.165, 1.54) is 0 Å². The molecule has 0 spiro atoms. The van der Waals surface area contributed by atoms with E-state index in [-0.39, 0.29) is 6.04 Å². The quantitative estimate of drug-likeness (QED) is 0.893. The molecule has 0 aliphatic carbocycles. The maximum atomic E-state index is 8.88. The van der Waals surface area contributed by atoms with Crippen LogP contribution in [-0.4, -0.2) is 15.8 Å². The zero-order valence-electron chi connectivity index (χ0n) is 10.6. The summed E-state index contributed by atoms with van der Waals surface area (Å²) in [5.41, 5.74) is 2.75. The highest BCUT2D eigenvalue weighted by Gasteiger charge is 2.04.